The SMILES string of the molecule is Cc1ccc(C(=O)Nc2nc3c(s2)C[C@@H](N)CC3)c(C)n1.Cl.Cl. The Bertz CT molecular complexity index is 705. The zero-order chi connectivity index (χ0) is 15.0. The van der Waals surface area contributed by atoms with Gasteiger partial charge in [-0.2, -0.15) is 0 Å². The van der Waals surface area contributed by atoms with Crippen LogP contribution in [0.25, 0.3) is 0 Å². The zero-order valence-corrected chi connectivity index (χ0v) is 15.4. The number of nitrogens with one attached hydrogen (secondary N) is 1. The lowest BCUT2D eigenvalue weighted by molar-refractivity contribution is 0.102. The normalized spacial score (nSPS) is 15.9. The number of aryl methyl sites for hydroxylation is 3. The van der Waals surface area contributed by atoms with E-state index in [1.165, 1.54) is 16.2 Å². The average Bonchev–Trinajstić information content (AvgIpc) is 2.79. The van der Waals surface area contributed by atoms with E-state index in [1.54, 1.807) is 6.07 Å². The van der Waals surface area contributed by atoms with Gasteiger partial charge in [0.05, 0.1) is 17.0 Å². The molecule has 1 atom stereocenters. The Balaban J connectivity index is 0.00000132. The van der Waals surface area contributed by atoms with Gasteiger partial charge in [0.15, 0.2) is 5.13 Å². The van der Waals surface area contributed by atoms with Gasteiger partial charge in [0.25, 0.3) is 5.91 Å². The largest absolute Gasteiger partial charge is 0.327 e. The maximum absolute atomic E-state index is 12.3. The Kier molecular flexibility index (Phi) is 6.95. The predicted molar refractivity (Wildman–Crippen MR) is 98.3 cm³/mol. The fourth-order valence-electron chi connectivity index (χ4n) is 2.54. The highest BCUT2D eigenvalue weighted by Crippen LogP contribution is 2.29. The molecule has 0 bridgehead atoms. The minimum atomic E-state index is -0.157. The number of nitrogens with two attached hydrogens (primary N) is 1. The molecule has 2 aromatic rings. The lowest BCUT2D eigenvalue weighted by Crippen LogP contribution is -2.27. The molecule has 3 rings (SSSR count). The first-order valence-corrected chi connectivity index (χ1v) is 7.84. The van der Waals surface area contributed by atoms with Crippen LogP contribution in [0.1, 0.15) is 38.7 Å². The van der Waals surface area contributed by atoms with Crippen LogP contribution in [0, 0.1) is 13.8 Å². The van der Waals surface area contributed by atoms with Gasteiger partial charge in [-0.3, -0.25) is 15.1 Å². The molecular weight excluding hydrogens is 355 g/mol. The summed E-state index contributed by atoms with van der Waals surface area (Å²) in [5.41, 5.74) is 9.27. The van der Waals surface area contributed by atoms with Crippen LogP contribution in [0.4, 0.5) is 5.13 Å². The van der Waals surface area contributed by atoms with E-state index in [-0.39, 0.29) is 36.8 Å². The molecule has 0 unspecified atom stereocenters. The number of fused-ring (bicyclic) bond motifs is 1. The molecule has 5 nitrogen and oxygen atoms in total. The van der Waals surface area contributed by atoms with Gasteiger partial charge in [0.1, 0.15) is 0 Å². The smallest absolute Gasteiger partial charge is 0.259 e. The average molecular weight is 375 g/mol. The highest BCUT2D eigenvalue weighted by molar-refractivity contribution is 7.15. The minimum absolute atomic E-state index is 0. The topological polar surface area (TPSA) is 80.9 Å². The van der Waals surface area contributed by atoms with E-state index in [2.05, 4.69) is 15.3 Å². The highest BCUT2D eigenvalue weighted by Gasteiger charge is 2.21. The zero-order valence-electron chi connectivity index (χ0n) is 13.0. The number of halogens is 2. The molecule has 126 valence electrons. The van der Waals surface area contributed by atoms with Crippen LogP contribution in [0.3, 0.4) is 0 Å². The van der Waals surface area contributed by atoms with Gasteiger partial charge in [-0.05, 0) is 45.2 Å². The van der Waals surface area contributed by atoms with Crippen molar-refractivity contribution in [3.05, 3.63) is 39.7 Å². The molecule has 0 radical (unpaired) electrons. The standard InChI is InChI=1S/C15H18N4OS.2ClH/c1-8-3-5-11(9(2)17-8)14(20)19-15-18-12-6-4-10(16)7-13(12)21-15;;/h3,5,10H,4,6-7,16H2,1-2H3,(H,18,19,20);2*1H/t10-;;/m0../s1. The quantitative estimate of drug-likeness (QED) is 0.845. The molecule has 23 heavy (non-hydrogen) atoms. The summed E-state index contributed by atoms with van der Waals surface area (Å²) in [6, 6.07) is 3.86. The van der Waals surface area contributed by atoms with E-state index >= 15 is 0 Å². The van der Waals surface area contributed by atoms with Crippen molar-refractivity contribution in [2.24, 2.45) is 5.73 Å². The van der Waals surface area contributed by atoms with Crippen molar-refractivity contribution >= 4 is 47.2 Å². The molecule has 1 aliphatic carbocycles. The second-order valence-electron chi connectivity index (χ2n) is 5.43. The fourth-order valence-corrected chi connectivity index (χ4v) is 3.64. The first kappa shape index (κ1) is 19.8. The lowest BCUT2D eigenvalue weighted by atomic mass is 9.99. The van der Waals surface area contributed by atoms with Gasteiger partial charge in [-0.25, -0.2) is 4.98 Å². The lowest BCUT2D eigenvalue weighted by Gasteiger charge is -2.15. The van der Waals surface area contributed by atoms with E-state index in [4.69, 9.17) is 5.73 Å². The maximum Gasteiger partial charge on any atom is 0.259 e. The number of pyridine rings is 1. The third-order valence-corrected chi connectivity index (χ3v) is 4.70. The van der Waals surface area contributed by atoms with E-state index < -0.39 is 0 Å². The molecule has 0 aromatic carbocycles. The molecule has 8 heteroatoms. The second-order valence-corrected chi connectivity index (χ2v) is 6.52. The molecule has 1 amide bonds. The van der Waals surface area contributed by atoms with Gasteiger partial charge in [0.2, 0.25) is 0 Å². The van der Waals surface area contributed by atoms with Gasteiger partial charge in [-0.1, -0.05) is 0 Å². The molecule has 2 heterocycles. The van der Waals surface area contributed by atoms with Crippen molar-refractivity contribution in [1.82, 2.24) is 9.97 Å². The third-order valence-electron chi connectivity index (χ3n) is 3.67. The van der Waals surface area contributed by atoms with Crippen LogP contribution in [0.2, 0.25) is 0 Å². The summed E-state index contributed by atoms with van der Waals surface area (Å²) in [5.74, 6) is -0.157. The van der Waals surface area contributed by atoms with E-state index in [9.17, 15) is 4.79 Å². The van der Waals surface area contributed by atoms with Crippen molar-refractivity contribution < 1.29 is 4.79 Å². The molecule has 1 aliphatic rings. The number of carbonyl (C=O) groups excluding carboxylic acids is 1. The van der Waals surface area contributed by atoms with Crippen LogP contribution in [0.5, 0.6) is 0 Å². The number of amides is 1. The molecule has 2 aromatic heterocycles. The monoisotopic (exact) mass is 374 g/mol. The summed E-state index contributed by atoms with van der Waals surface area (Å²) in [6.07, 6.45) is 2.72. The van der Waals surface area contributed by atoms with Crippen molar-refractivity contribution in [2.75, 3.05) is 5.32 Å². The van der Waals surface area contributed by atoms with Crippen LogP contribution in [-0.4, -0.2) is 21.9 Å². The number of anilines is 1. The molecule has 0 spiro atoms. The number of carbonyl (C=O) groups is 1. The number of hydrogen-bond donors (Lipinski definition) is 2. The van der Waals surface area contributed by atoms with Crippen molar-refractivity contribution in [3.63, 3.8) is 0 Å². The number of hydrogen-bond acceptors (Lipinski definition) is 5. The number of thiazole rings is 1. The Morgan fingerprint density at radius 1 is 1.30 bits per heavy atom. The Labute approximate surface area is 151 Å². The van der Waals surface area contributed by atoms with Gasteiger partial charge < -0.3 is 5.73 Å². The number of nitrogens with zero attached hydrogens (tertiary/aromatic N) is 2. The summed E-state index contributed by atoms with van der Waals surface area (Å²) in [7, 11) is 0. The van der Waals surface area contributed by atoms with E-state index in [1.807, 2.05) is 19.9 Å². The molecule has 0 saturated heterocycles. The summed E-state index contributed by atoms with van der Waals surface area (Å²) >= 11 is 1.53. The number of rotatable bonds is 2. The molecule has 3 N–H and O–H groups in total. The minimum Gasteiger partial charge on any atom is -0.327 e. The van der Waals surface area contributed by atoms with Crippen LogP contribution in [0.15, 0.2) is 12.1 Å². The summed E-state index contributed by atoms with van der Waals surface area (Å²) in [5, 5.41) is 3.53. The van der Waals surface area contributed by atoms with Crippen molar-refractivity contribution in [1.29, 1.82) is 0 Å². The van der Waals surface area contributed by atoms with Crippen molar-refractivity contribution in [3.8, 4) is 0 Å². The Hall–Kier alpha value is -1.21. The second kappa shape index (κ2) is 8.06. The van der Waals surface area contributed by atoms with E-state index in [0.29, 0.717) is 10.7 Å². The molecule has 0 aliphatic heterocycles. The Morgan fingerprint density at radius 2 is 2.04 bits per heavy atom. The van der Waals surface area contributed by atoms with Gasteiger partial charge in [0, 0.05) is 16.6 Å². The van der Waals surface area contributed by atoms with Gasteiger partial charge >= 0.3 is 0 Å². The van der Waals surface area contributed by atoms with Crippen LogP contribution >= 0.6 is 36.2 Å². The molecular formula is C15H20Cl2N4OS. The van der Waals surface area contributed by atoms with Crippen LogP contribution < -0.4 is 11.1 Å². The Morgan fingerprint density at radius 3 is 2.74 bits per heavy atom. The molecule has 0 saturated carbocycles. The molecule has 0 fully saturated rings. The maximum atomic E-state index is 12.3. The summed E-state index contributed by atoms with van der Waals surface area (Å²) < 4.78 is 0. The van der Waals surface area contributed by atoms with Crippen LogP contribution in [-0.2, 0) is 12.8 Å². The summed E-state index contributed by atoms with van der Waals surface area (Å²) in [6.45, 7) is 3.75. The van der Waals surface area contributed by atoms with Crippen molar-refractivity contribution in [2.45, 2.75) is 39.2 Å². The van der Waals surface area contributed by atoms with E-state index in [0.717, 1.165) is 36.3 Å². The van der Waals surface area contributed by atoms with Gasteiger partial charge in [-0.15, -0.1) is 36.2 Å². The highest BCUT2D eigenvalue weighted by atomic mass is 35.5. The predicted octanol–water partition coefficient (Wildman–Crippen LogP) is 3.07. The first-order valence-electron chi connectivity index (χ1n) is 7.02. The summed E-state index contributed by atoms with van der Waals surface area (Å²) in [4.78, 5) is 22.3. The third kappa shape index (κ3) is 4.41. The fraction of sp³-hybridized carbons (Fsp3) is 0.400. The first-order chi connectivity index (χ1) is 10.0. The number of aromatic nitrogens is 2.